The molecule has 0 radical (unpaired) electrons. The van der Waals surface area contributed by atoms with Crippen LogP contribution >= 0.6 is 0 Å². The average molecular weight is 183 g/mol. The summed E-state index contributed by atoms with van der Waals surface area (Å²) in [6.45, 7) is 5.07. The molecule has 0 N–H and O–H groups in total. The minimum Gasteiger partial charge on any atom is -0.465 e. The van der Waals surface area contributed by atoms with Gasteiger partial charge in [-0.1, -0.05) is 0 Å². The van der Waals surface area contributed by atoms with E-state index in [1.807, 2.05) is 6.92 Å². The van der Waals surface area contributed by atoms with E-state index < -0.39 is 0 Å². The van der Waals surface area contributed by atoms with Gasteiger partial charge in [0.2, 0.25) is 0 Å². The molecule has 2 heterocycles. The van der Waals surface area contributed by atoms with Crippen molar-refractivity contribution in [3.8, 4) is 0 Å². The zero-order chi connectivity index (χ0) is 9.26. The Bertz CT molecular complexity index is 189. The van der Waals surface area contributed by atoms with Gasteiger partial charge in [0.05, 0.1) is 13.2 Å². The second-order valence-electron chi connectivity index (χ2n) is 4.20. The molecule has 0 amide bonds. The quantitative estimate of drug-likeness (QED) is 0.609. The Hall–Kier alpha value is -0.570. The maximum atomic E-state index is 11.2. The van der Waals surface area contributed by atoms with Crippen LogP contribution in [-0.2, 0) is 9.53 Å². The molecule has 0 spiro atoms. The van der Waals surface area contributed by atoms with E-state index in [0.29, 0.717) is 13.2 Å². The Kier molecular flexibility index (Phi) is 2.54. The molecule has 1 aliphatic carbocycles. The van der Waals surface area contributed by atoms with Crippen molar-refractivity contribution in [2.75, 3.05) is 26.2 Å². The highest BCUT2D eigenvalue weighted by Gasteiger charge is 2.37. The van der Waals surface area contributed by atoms with Crippen LogP contribution in [0.25, 0.3) is 0 Å². The number of carbonyl (C=O) groups excluding carboxylic acids is 1. The van der Waals surface area contributed by atoms with Crippen molar-refractivity contribution in [2.24, 2.45) is 11.8 Å². The van der Waals surface area contributed by atoms with Gasteiger partial charge in [0.1, 0.15) is 0 Å². The number of carbonyl (C=O) groups is 1. The van der Waals surface area contributed by atoms with E-state index in [1.54, 1.807) is 0 Å². The number of fused-ring (bicyclic) bond motifs is 2. The number of esters is 1. The van der Waals surface area contributed by atoms with E-state index in [-0.39, 0.29) is 5.97 Å². The fourth-order valence-corrected chi connectivity index (χ4v) is 2.50. The van der Waals surface area contributed by atoms with Crippen molar-refractivity contribution in [3.63, 3.8) is 0 Å². The highest BCUT2D eigenvalue weighted by molar-refractivity contribution is 5.71. The monoisotopic (exact) mass is 183 g/mol. The van der Waals surface area contributed by atoms with Crippen molar-refractivity contribution in [1.29, 1.82) is 0 Å². The van der Waals surface area contributed by atoms with Crippen LogP contribution in [0.2, 0.25) is 0 Å². The summed E-state index contributed by atoms with van der Waals surface area (Å²) in [6.07, 6.45) is 2.78. The van der Waals surface area contributed by atoms with Crippen LogP contribution in [0.4, 0.5) is 0 Å². The second kappa shape index (κ2) is 3.66. The summed E-state index contributed by atoms with van der Waals surface area (Å²) < 4.78 is 4.91. The molecular formula is C10H17NO2. The van der Waals surface area contributed by atoms with Gasteiger partial charge in [-0.3, -0.25) is 9.69 Å². The van der Waals surface area contributed by atoms with Crippen LogP contribution in [0, 0.1) is 11.8 Å². The fourth-order valence-electron chi connectivity index (χ4n) is 2.50. The number of hydrogen-bond donors (Lipinski definition) is 0. The molecular weight excluding hydrogens is 166 g/mol. The Balaban J connectivity index is 1.73. The minimum absolute atomic E-state index is 0.0659. The van der Waals surface area contributed by atoms with Gasteiger partial charge < -0.3 is 4.74 Å². The predicted molar refractivity (Wildman–Crippen MR) is 49.3 cm³/mol. The van der Waals surface area contributed by atoms with Crippen molar-refractivity contribution in [3.05, 3.63) is 0 Å². The Morgan fingerprint density at radius 1 is 1.38 bits per heavy atom. The van der Waals surface area contributed by atoms with E-state index >= 15 is 0 Å². The Morgan fingerprint density at radius 2 is 2.00 bits per heavy atom. The molecule has 3 heteroatoms. The first-order chi connectivity index (χ1) is 6.28. The van der Waals surface area contributed by atoms with Gasteiger partial charge in [-0.15, -0.1) is 0 Å². The second-order valence-corrected chi connectivity index (χ2v) is 4.20. The molecule has 2 saturated heterocycles. The largest absolute Gasteiger partial charge is 0.465 e. The van der Waals surface area contributed by atoms with Crippen molar-refractivity contribution < 1.29 is 9.53 Å². The van der Waals surface area contributed by atoms with Crippen molar-refractivity contribution in [1.82, 2.24) is 4.90 Å². The SMILES string of the molecule is CCOC(=O)CN1CC2CC(C2)C1. The van der Waals surface area contributed by atoms with E-state index in [0.717, 1.165) is 24.9 Å². The van der Waals surface area contributed by atoms with Gasteiger partial charge >= 0.3 is 5.97 Å². The molecule has 0 unspecified atom stereocenters. The van der Waals surface area contributed by atoms with E-state index in [1.165, 1.54) is 12.8 Å². The molecule has 2 bridgehead atoms. The molecule has 0 aromatic rings. The molecule has 13 heavy (non-hydrogen) atoms. The maximum absolute atomic E-state index is 11.2. The van der Waals surface area contributed by atoms with Crippen molar-refractivity contribution >= 4 is 5.97 Å². The van der Waals surface area contributed by atoms with Crippen LogP contribution in [0.3, 0.4) is 0 Å². The third-order valence-corrected chi connectivity index (χ3v) is 3.02. The lowest BCUT2D eigenvalue weighted by atomic mass is 9.71. The molecule has 0 aromatic carbocycles. The number of nitrogens with zero attached hydrogens (tertiary/aromatic N) is 1. The number of hydrogen-bond acceptors (Lipinski definition) is 3. The smallest absolute Gasteiger partial charge is 0.320 e. The highest BCUT2D eigenvalue weighted by Crippen LogP contribution is 2.39. The highest BCUT2D eigenvalue weighted by atomic mass is 16.5. The summed E-state index contributed by atoms with van der Waals surface area (Å²) in [5.41, 5.74) is 0. The van der Waals surface area contributed by atoms with Gasteiger partial charge in [0.15, 0.2) is 0 Å². The van der Waals surface area contributed by atoms with Crippen LogP contribution in [0.15, 0.2) is 0 Å². The van der Waals surface area contributed by atoms with Gasteiger partial charge in [-0.25, -0.2) is 0 Å². The minimum atomic E-state index is -0.0659. The summed E-state index contributed by atoms with van der Waals surface area (Å²) >= 11 is 0. The molecule has 74 valence electrons. The van der Waals surface area contributed by atoms with E-state index in [2.05, 4.69) is 4.90 Å². The molecule has 3 nitrogen and oxygen atoms in total. The number of rotatable bonds is 3. The van der Waals surface area contributed by atoms with Gasteiger partial charge in [-0.05, 0) is 31.6 Å². The van der Waals surface area contributed by atoms with E-state index in [4.69, 9.17) is 4.74 Å². The lowest BCUT2D eigenvalue weighted by Crippen LogP contribution is -2.50. The summed E-state index contributed by atoms with van der Waals surface area (Å²) in [4.78, 5) is 13.4. The third kappa shape index (κ3) is 2.02. The maximum Gasteiger partial charge on any atom is 0.320 e. The van der Waals surface area contributed by atoms with Crippen LogP contribution in [0.1, 0.15) is 19.8 Å². The first-order valence-electron chi connectivity index (χ1n) is 5.16. The standard InChI is InChI=1S/C10H17NO2/c1-2-13-10(12)7-11-5-8-3-9(4-8)6-11/h8-9H,2-7H2,1H3. The molecule has 3 fully saturated rings. The first-order valence-corrected chi connectivity index (χ1v) is 5.16. The summed E-state index contributed by atoms with van der Waals surface area (Å²) in [5.74, 6) is 1.67. The number of ether oxygens (including phenoxy) is 1. The van der Waals surface area contributed by atoms with Gasteiger partial charge in [0.25, 0.3) is 0 Å². The zero-order valence-electron chi connectivity index (χ0n) is 8.16. The summed E-state index contributed by atoms with van der Waals surface area (Å²) in [7, 11) is 0. The van der Waals surface area contributed by atoms with Crippen LogP contribution < -0.4 is 0 Å². The van der Waals surface area contributed by atoms with Gasteiger partial charge in [-0.2, -0.15) is 0 Å². The average Bonchev–Trinajstić information content (AvgIpc) is 2.02. The number of piperidine rings is 2. The Morgan fingerprint density at radius 3 is 2.54 bits per heavy atom. The molecule has 0 aromatic heterocycles. The Labute approximate surface area is 79.0 Å². The van der Waals surface area contributed by atoms with Crippen LogP contribution in [0.5, 0.6) is 0 Å². The normalized spacial score (nSPS) is 32.4. The topological polar surface area (TPSA) is 29.5 Å². The lowest BCUT2D eigenvalue weighted by molar-refractivity contribution is -0.146. The lowest BCUT2D eigenvalue weighted by Gasteiger charge is -2.46. The van der Waals surface area contributed by atoms with Crippen molar-refractivity contribution in [2.45, 2.75) is 19.8 Å². The summed E-state index contributed by atoms with van der Waals surface area (Å²) in [5, 5.41) is 0. The molecule has 0 atom stereocenters. The predicted octanol–water partition coefficient (Wildman–Crippen LogP) is 0.891. The summed E-state index contributed by atoms with van der Waals surface area (Å²) in [6, 6.07) is 0. The zero-order valence-corrected chi connectivity index (χ0v) is 8.16. The molecule has 2 aliphatic heterocycles. The third-order valence-electron chi connectivity index (χ3n) is 3.02. The van der Waals surface area contributed by atoms with E-state index in [9.17, 15) is 4.79 Å². The molecule has 1 saturated carbocycles. The van der Waals surface area contributed by atoms with Crippen LogP contribution in [-0.4, -0.2) is 37.1 Å². The molecule has 3 aliphatic rings. The van der Waals surface area contributed by atoms with Gasteiger partial charge in [0, 0.05) is 13.1 Å². The first kappa shape index (κ1) is 9.00. The molecule has 3 rings (SSSR count). The fraction of sp³-hybridized carbons (Fsp3) is 0.900.